The van der Waals surface area contributed by atoms with Crippen LogP contribution in [0.2, 0.25) is 0 Å². The fourth-order valence-corrected chi connectivity index (χ4v) is 4.77. The van der Waals surface area contributed by atoms with Crippen LogP contribution in [-0.2, 0) is 29.3 Å². The van der Waals surface area contributed by atoms with Gasteiger partial charge in [0.25, 0.3) is 7.41 Å². The minimum absolute atomic E-state index is 0.00210. The van der Waals surface area contributed by atoms with E-state index in [1.165, 1.54) is 7.41 Å². The summed E-state index contributed by atoms with van der Waals surface area (Å²) in [5, 5.41) is 3.02. The van der Waals surface area contributed by atoms with E-state index in [0.717, 1.165) is 5.56 Å². The summed E-state index contributed by atoms with van der Waals surface area (Å²) in [4.78, 5) is 54.7. The third-order valence-electron chi connectivity index (χ3n) is 7.05. The molecule has 0 bridgehead atoms. The third-order valence-corrected chi connectivity index (χ3v) is 7.05. The van der Waals surface area contributed by atoms with E-state index in [1.807, 2.05) is 78.8 Å². The molecule has 39 heavy (non-hydrogen) atoms. The van der Waals surface area contributed by atoms with Crippen LogP contribution in [0.5, 0.6) is 0 Å². The van der Waals surface area contributed by atoms with Crippen LogP contribution < -0.4 is 5.32 Å². The van der Waals surface area contributed by atoms with Crippen molar-refractivity contribution in [3.8, 4) is 0 Å². The Morgan fingerprint density at radius 2 is 1.62 bits per heavy atom. The Kier molecular flexibility index (Phi) is 12.6. The van der Waals surface area contributed by atoms with Crippen molar-refractivity contribution in [2.75, 3.05) is 20.7 Å². The molecule has 0 heterocycles. The number of ether oxygens (including phenoxy) is 1. The van der Waals surface area contributed by atoms with E-state index in [9.17, 15) is 19.2 Å². The lowest BCUT2D eigenvalue weighted by molar-refractivity contribution is -0.141. The number of likely N-dealkylation sites (N-methyl/N-ethyl adjacent to an activating group) is 2. The lowest BCUT2D eigenvalue weighted by atomic mass is 9.73. The molecule has 1 aromatic rings. The monoisotopic (exact) mass is 540 g/mol. The highest BCUT2D eigenvalue weighted by molar-refractivity contribution is 6.64. The molecule has 1 rings (SSSR count). The van der Waals surface area contributed by atoms with E-state index >= 15 is 0 Å². The van der Waals surface area contributed by atoms with Gasteiger partial charge in [0.2, 0.25) is 11.8 Å². The average molecular weight is 541 g/mol. The number of hydrogen-bond acceptors (Lipinski definition) is 6. The first kappa shape index (κ1) is 34.1. The average Bonchev–Trinajstić information content (AvgIpc) is 2.84. The molecular formula is C30H47BN3O5. The molecule has 2 amide bonds. The number of rotatable bonds is 13. The summed E-state index contributed by atoms with van der Waals surface area (Å²) in [6.45, 7) is 17.2. The van der Waals surface area contributed by atoms with Crippen molar-refractivity contribution in [1.29, 1.82) is 0 Å². The van der Waals surface area contributed by atoms with Gasteiger partial charge in [0.15, 0.2) is 0 Å². The predicted molar refractivity (Wildman–Crippen MR) is 157 cm³/mol. The van der Waals surface area contributed by atoms with Gasteiger partial charge in [-0.25, -0.2) is 4.79 Å². The number of nitrogens with zero attached hydrogens (tertiary/aromatic N) is 2. The number of esters is 1. The molecule has 0 unspecified atom stereocenters. The zero-order valence-electron chi connectivity index (χ0n) is 25.6. The van der Waals surface area contributed by atoms with Gasteiger partial charge in [-0.3, -0.25) is 9.59 Å². The molecule has 3 atom stereocenters. The first-order valence-electron chi connectivity index (χ1n) is 13.5. The van der Waals surface area contributed by atoms with Crippen LogP contribution in [0.25, 0.3) is 0 Å². The van der Waals surface area contributed by atoms with Gasteiger partial charge in [-0.2, -0.15) is 0 Å². The van der Waals surface area contributed by atoms with Crippen molar-refractivity contribution >= 4 is 31.4 Å². The van der Waals surface area contributed by atoms with Crippen LogP contribution in [0.1, 0.15) is 67.9 Å². The van der Waals surface area contributed by atoms with E-state index in [4.69, 9.17) is 4.74 Å². The van der Waals surface area contributed by atoms with E-state index < -0.39 is 34.9 Å². The number of benzene rings is 1. The molecular weight excluding hydrogens is 493 g/mol. The summed E-state index contributed by atoms with van der Waals surface area (Å²) in [6.07, 6.45) is 2.39. The molecule has 0 aliphatic heterocycles. The Balaban J connectivity index is 3.44. The molecule has 1 N–H and O–H groups in total. The van der Waals surface area contributed by atoms with E-state index in [2.05, 4.69) is 5.32 Å². The van der Waals surface area contributed by atoms with Gasteiger partial charge in [0.05, 0.1) is 24.9 Å². The zero-order chi connectivity index (χ0) is 30.1. The zero-order valence-corrected chi connectivity index (χ0v) is 25.6. The molecule has 0 spiro atoms. The second-order valence-corrected chi connectivity index (χ2v) is 12.0. The smallest absolute Gasteiger partial charge is 0.333 e. The second kappa shape index (κ2) is 14.5. The highest BCUT2D eigenvalue weighted by Crippen LogP contribution is 2.31. The Hall–Kier alpha value is -2.94. The molecule has 9 heteroatoms. The molecule has 1 radical (unpaired) electrons. The number of hydrogen-bond donors (Lipinski definition) is 1. The standard InChI is InChI=1S/C30H47BN3O5/c1-12-39-28(38)21(4)18-23(20(2)3)33(10)27(37)24(29(5,6)7)32-26(36)25(34(11)31-19-35)30(8,9)22-16-14-13-15-17-22/h13-20,23-25H,12H2,1-11H3,(H,32,36)/b21-18+/t23-,24-,25-/m1/s1. The van der Waals surface area contributed by atoms with Crippen molar-refractivity contribution in [3.63, 3.8) is 0 Å². The maximum absolute atomic E-state index is 14.0. The Labute approximate surface area is 235 Å². The fourth-order valence-electron chi connectivity index (χ4n) is 4.77. The molecule has 1 aromatic carbocycles. The minimum atomic E-state index is -0.869. The summed E-state index contributed by atoms with van der Waals surface area (Å²) in [6, 6.07) is 7.57. The molecule has 0 aliphatic carbocycles. The number of nitrogens with one attached hydrogen (secondary N) is 1. The van der Waals surface area contributed by atoms with Gasteiger partial charge >= 0.3 is 5.97 Å². The summed E-state index contributed by atoms with van der Waals surface area (Å²) in [5.41, 5.74) is 0.0158. The normalized spacial score (nSPS) is 14.8. The maximum Gasteiger partial charge on any atom is 0.333 e. The first-order valence-corrected chi connectivity index (χ1v) is 13.5. The van der Waals surface area contributed by atoms with Crippen molar-refractivity contribution in [2.24, 2.45) is 11.3 Å². The summed E-state index contributed by atoms with van der Waals surface area (Å²) in [7, 11) is 4.69. The van der Waals surface area contributed by atoms with Crippen LogP contribution >= 0.6 is 0 Å². The van der Waals surface area contributed by atoms with Crippen molar-refractivity contribution in [1.82, 2.24) is 15.0 Å². The Morgan fingerprint density at radius 3 is 2.08 bits per heavy atom. The molecule has 0 aliphatic rings. The van der Waals surface area contributed by atoms with Gasteiger partial charge in [0.1, 0.15) is 6.04 Å². The maximum atomic E-state index is 14.0. The largest absolute Gasteiger partial charge is 0.463 e. The molecule has 0 saturated heterocycles. The van der Waals surface area contributed by atoms with Crippen LogP contribution in [0.4, 0.5) is 0 Å². The molecule has 0 fully saturated rings. The summed E-state index contributed by atoms with van der Waals surface area (Å²) >= 11 is 0. The van der Waals surface area contributed by atoms with E-state index in [1.54, 1.807) is 43.7 Å². The van der Waals surface area contributed by atoms with E-state index in [0.29, 0.717) is 11.8 Å². The van der Waals surface area contributed by atoms with Crippen molar-refractivity contribution in [3.05, 3.63) is 47.5 Å². The lowest BCUT2D eigenvalue weighted by Gasteiger charge is -2.42. The highest BCUT2D eigenvalue weighted by Gasteiger charge is 2.43. The Morgan fingerprint density at radius 1 is 1.05 bits per heavy atom. The van der Waals surface area contributed by atoms with Crippen LogP contribution in [0.15, 0.2) is 42.0 Å². The molecule has 215 valence electrons. The Bertz CT molecular complexity index is 1020. The van der Waals surface area contributed by atoms with Gasteiger partial charge in [0, 0.05) is 18.0 Å². The minimum Gasteiger partial charge on any atom is -0.463 e. The topological polar surface area (TPSA) is 96.0 Å². The summed E-state index contributed by atoms with van der Waals surface area (Å²) < 4.78 is 5.12. The van der Waals surface area contributed by atoms with Crippen LogP contribution in [-0.4, -0.2) is 79.9 Å². The van der Waals surface area contributed by atoms with Crippen LogP contribution in [0.3, 0.4) is 0 Å². The SMILES string of the molecule is CCOC(=O)/C(C)=C/[C@H](C(C)C)N(C)C(=O)[C@@H](NC(=O)[C@@H](N(C)[B]C=O)C(C)(C)c1ccccc1)C(C)(C)C. The lowest BCUT2D eigenvalue weighted by Crippen LogP contribution is -2.62. The highest BCUT2D eigenvalue weighted by atomic mass is 16.5. The quantitative estimate of drug-likeness (QED) is 0.178. The van der Waals surface area contributed by atoms with Gasteiger partial charge in [-0.05, 0) is 37.8 Å². The molecule has 0 aromatic heterocycles. The van der Waals surface area contributed by atoms with Gasteiger partial charge in [-0.15, -0.1) is 0 Å². The van der Waals surface area contributed by atoms with Crippen LogP contribution in [0, 0.1) is 11.3 Å². The summed E-state index contributed by atoms with van der Waals surface area (Å²) in [5.74, 6) is -1.07. The van der Waals surface area contributed by atoms with E-state index in [-0.39, 0.29) is 24.3 Å². The first-order chi connectivity index (χ1) is 18.0. The molecule has 0 saturated carbocycles. The molecule has 8 nitrogen and oxygen atoms in total. The number of amides is 2. The number of carbonyl (C=O) groups is 4. The second-order valence-electron chi connectivity index (χ2n) is 12.0. The number of carbonyl (C=O) groups excluding carboxylic acids is 4. The van der Waals surface area contributed by atoms with Crippen molar-refractivity contribution in [2.45, 2.75) is 85.9 Å². The fraction of sp³-hybridized carbons (Fsp3) is 0.600. The van der Waals surface area contributed by atoms with Gasteiger partial charge < -0.3 is 24.6 Å². The van der Waals surface area contributed by atoms with Gasteiger partial charge in [-0.1, -0.05) is 84.9 Å². The van der Waals surface area contributed by atoms with Crippen molar-refractivity contribution < 1.29 is 23.9 Å². The predicted octanol–water partition coefficient (Wildman–Crippen LogP) is 3.60. The third kappa shape index (κ3) is 9.06.